The fourth-order valence-corrected chi connectivity index (χ4v) is 3.16. The summed E-state index contributed by atoms with van der Waals surface area (Å²) in [5.41, 5.74) is 0.986. The van der Waals surface area contributed by atoms with E-state index in [0.29, 0.717) is 29.1 Å². The highest BCUT2D eigenvalue weighted by Crippen LogP contribution is 2.32. The lowest BCUT2D eigenvalue weighted by Gasteiger charge is -2.19. The van der Waals surface area contributed by atoms with Crippen LogP contribution in [0.25, 0.3) is 11.0 Å². The molecule has 2 aromatic heterocycles. The molecule has 0 saturated carbocycles. The van der Waals surface area contributed by atoms with Crippen LogP contribution in [0.5, 0.6) is 11.5 Å². The normalized spacial score (nSPS) is 13.1. The summed E-state index contributed by atoms with van der Waals surface area (Å²) in [4.78, 5) is 29.3. The maximum absolute atomic E-state index is 12.7. The average Bonchev–Trinajstić information content (AvgIpc) is 3.32. The molecule has 152 valence electrons. The number of rotatable bonds is 5. The second kappa shape index (κ2) is 7.23. The molecule has 3 heterocycles. The summed E-state index contributed by atoms with van der Waals surface area (Å²) in [7, 11) is 0. The van der Waals surface area contributed by atoms with E-state index in [1.807, 2.05) is 39.0 Å². The van der Waals surface area contributed by atoms with Gasteiger partial charge in [0.1, 0.15) is 5.39 Å². The van der Waals surface area contributed by atoms with Gasteiger partial charge in [-0.25, -0.2) is 9.67 Å². The van der Waals surface area contributed by atoms with Crippen LogP contribution in [-0.2, 0) is 23.4 Å². The van der Waals surface area contributed by atoms with Gasteiger partial charge in [-0.05, 0) is 38.5 Å². The second-order valence-electron chi connectivity index (χ2n) is 7.92. The number of hydrogen-bond donors (Lipinski definition) is 1. The first-order valence-corrected chi connectivity index (χ1v) is 9.42. The van der Waals surface area contributed by atoms with Gasteiger partial charge < -0.3 is 14.8 Å². The maximum atomic E-state index is 12.7. The van der Waals surface area contributed by atoms with Gasteiger partial charge in [-0.1, -0.05) is 6.07 Å². The van der Waals surface area contributed by atoms with Crippen LogP contribution >= 0.6 is 0 Å². The summed E-state index contributed by atoms with van der Waals surface area (Å²) in [6, 6.07) is 5.54. The van der Waals surface area contributed by atoms with E-state index < -0.39 is 0 Å². The number of nitrogens with one attached hydrogen (secondary N) is 1. The fourth-order valence-electron chi connectivity index (χ4n) is 3.16. The molecule has 0 fully saturated rings. The van der Waals surface area contributed by atoms with Crippen molar-refractivity contribution in [3.05, 3.63) is 46.6 Å². The number of benzene rings is 1. The number of hydrogen-bond acceptors (Lipinski definition) is 6. The van der Waals surface area contributed by atoms with Crippen molar-refractivity contribution in [3.8, 4) is 11.5 Å². The first-order chi connectivity index (χ1) is 13.8. The minimum atomic E-state index is -0.276. The van der Waals surface area contributed by atoms with E-state index >= 15 is 0 Å². The number of amides is 1. The zero-order valence-electron chi connectivity index (χ0n) is 16.6. The third-order valence-corrected chi connectivity index (χ3v) is 4.70. The second-order valence-corrected chi connectivity index (χ2v) is 7.92. The molecule has 9 nitrogen and oxygen atoms in total. The highest BCUT2D eigenvalue weighted by Gasteiger charge is 2.20. The standard InChI is InChI=1S/C20H23N5O4/c1-20(2,3)25-18-14(10-23-25)19(27)24(11-22-18)7-6-17(26)21-9-13-4-5-15-16(8-13)29-12-28-15/h4-5,8,10-11H,6-7,9,12H2,1-3H3,(H,21,26). The predicted octanol–water partition coefficient (Wildman–Crippen LogP) is 1.78. The van der Waals surface area contributed by atoms with Crippen LogP contribution in [0.3, 0.4) is 0 Å². The Kier molecular flexibility index (Phi) is 4.73. The smallest absolute Gasteiger partial charge is 0.264 e. The van der Waals surface area contributed by atoms with E-state index in [9.17, 15) is 9.59 Å². The SMILES string of the molecule is CC(C)(C)n1ncc2c(=O)n(CCC(=O)NCc3ccc4c(c3)OCO4)cnc21. The molecule has 0 radical (unpaired) electrons. The molecule has 1 aromatic carbocycles. The van der Waals surface area contributed by atoms with Crippen molar-refractivity contribution < 1.29 is 14.3 Å². The van der Waals surface area contributed by atoms with Gasteiger partial charge in [0.05, 0.1) is 18.1 Å². The molecule has 0 atom stereocenters. The zero-order chi connectivity index (χ0) is 20.6. The summed E-state index contributed by atoms with van der Waals surface area (Å²) < 4.78 is 13.8. The maximum Gasteiger partial charge on any atom is 0.264 e. The van der Waals surface area contributed by atoms with E-state index in [4.69, 9.17) is 9.47 Å². The van der Waals surface area contributed by atoms with Crippen molar-refractivity contribution in [1.29, 1.82) is 0 Å². The van der Waals surface area contributed by atoms with Gasteiger partial charge >= 0.3 is 0 Å². The summed E-state index contributed by atoms with van der Waals surface area (Å²) in [5.74, 6) is 1.23. The molecule has 4 rings (SSSR count). The van der Waals surface area contributed by atoms with Crippen LogP contribution in [0, 0.1) is 0 Å². The zero-order valence-corrected chi connectivity index (χ0v) is 16.6. The molecule has 3 aromatic rings. The van der Waals surface area contributed by atoms with Gasteiger partial charge in [-0.15, -0.1) is 0 Å². The molecule has 9 heteroatoms. The fraction of sp³-hybridized carbons (Fsp3) is 0.400. The number of ether oxygens (including phenoxy) is 2. The Balaban J connectivity index is 1.38. The van der Waals surface area contributed by atoms with Crippen molar-refractivity contribution >= 4 is 16.9 Å². The van der Waals surface area contributed by atoms with Crippen LogP contribution in [0.1, 0.15) is 32.8 Å². The molecule has 0 aliphatic carbocycles. The number of carbonyl (C=O) groups is 1. The monoisotopic (exact) mass is 397 g/mol. The molecule has 0 saturated heterocycles. The number of carbonyl (C=O) groups excluding carboxylic acids is 1. The molecule has 1 amide bonds. The third kappa shape index (κ3) is 3.80. The van der Waals surface area contributed by atoms with Crippen LogP contribution in [0.15, 0.2) is 35.5 Å². The van der Waals surface area contributed by atoms with Gasteiger partial charge in [-0.2, -0.15) is 5.10 Å². The van der Waals surface area contributed by atoms with Gasteiger partial charge in [0.2, 0.25) is 12.7 Å². The Hall–Kier alpha value is -3.36. The Morgan fingerprint density at radius 1 is 1.24 bits per heavy atom. The lowest BCUT2D eigenvalue weighted by molar-refractivity contribution is -0.121. The van der Waals surface area contributed by atoms with Gasteiger partial charge in [0, 0.05) is 19.5 Å². The lowest BCUT2D eigenvalue weighted by atomic mass is 10.1. The first kappa shape index (κ1) is 19.0. The van der Waals surface area contributed by atoms with E-state index in [2.05, 4.69) is 15.4 Å². The summed E-state index contributed by atoms with van der Waals surface area (Å²) in [6.45, 7) is 6.83. The number of aryl methyl sites for hydroxylation is 1. The van der Waals surface area contributed by atoms with Crippen molar-refractivity contribution in [2.75, 3.05) is 6.79 Å². The molecule has 0 unspecified atom stereocenters. The highest BCUT2D eigenvalue weighted by atomic mass is 16.7. The van der Waals surface area contributed by atoms with Crippen molar-refractivity contribution in [2.24, 2.45) is 0 Å². The molecular weight excluding hydrogens is 374 g/mol. The molecule has 1 aliphatic heterocycles. The minimum Gasteiger partial charge on any atom is -0.454 e. The highest BCUT2D eigenvalue weighted by molar-refractivity contribution is 5.76. The Morgan fingerprint density at radius 3 is 2.83 bits per heavy atom. The van der Waals surface area contributed by atoms with E-state index in [1.165, 1.54) is 17.1 Å². The first-order valence-electron chi connectivity index (χ1n) is 9.42. The molecular formula is C20H23N5O4. The van der Waals surface area contributed by atoms with Crippen LogP contribution in [0.4, 0.5) is 0 Å². The summed E-state index contributed by atoms with van der Waals surface area (Å²) in [6.07, 6.45) is 3.18. The van der Waals surface area contributed by atoms with Gasteiger partial charge in [0.15, 0.2) is 17.1 Å². The quantitative estimate of drug-likeness (QED) is 0.704. The van der Waals surface area contributed by atoms with Crippen LogP contribution < -0.4 is 20.3 Å². The molecule has 1 aliphatic rings. The van der Waals surface area contributed by atoms with Crippen molar-refractivity contribution in [1.82, 2.24) is 24.6 Å². The Morgan fingerprint density at radius 2 is 2.03 bits per heavy atom. The van der Waals surface area contributed by atoms with E-state index in [1.54, 1.807) is 4.68 Å². The Labute approximate surface area is 167 Å². The third-order valence-electron chi connectivity index (χ3n) is 4.70. The van der Waals surface area contributed by atoms with Crippen molar-refractivity contribution in [3.63, 3.8) is 0 Å². The van der Waals surface area contributed by atoms with Gasteiger partial charge in [-0.3, -0.25) is 14.2 Å². The Bertz CT molecular complexity index is 1130. The largest absolute Gasteiger partial charge is 0.454 e. The topological polar surface area (TPSA) is 100 Å². The van der Waals surface area contributed by atoms with Crippen LogP contribution in [-0.4, -0.2) is 32.0 Å². The predicted molar refractivity (Wildman–Crippen MR) is 106 cm³/mol. The van der Waals surface area contributed by atoms with Crippen molar-refractivity contribution in [2.45, 2.75) is 45.8 Å². The average molecular weight is 397 g/mol. The number of aromatic nitrogens is 4. The lowest BCUT2D eigenvalue weighted by Crippen LogP contribution is -2.28. The van der Waals surface area contributed by atoms with Gasteiger partial charge in [0.25, 0.3) is 5.56 Å². The number of nitrogens with zero attached hydrogens (tertiary/aromatic N) is 4. The van der Waals surface area contributed by atoms with Crippen LogP contribution in [0.2, 0.25) is 0 Å². The molecule has 0 spiro atoms. The number of fused-ring (bicyclic) bond motifs is 2. The van der Waals surface area contributed by atoms with E-state index in [-0.39, 0.29) is 36.8 Å². The minimum absolute atomic E-state index is 0.153. The molecule has 1 N–H and O–H groups in total. The summed E-state index contributed by atoms with van der Waals surface area (Å²) >= 11 is 0. The van der Waals surface area contributed by atoms with E-state index in [0.717, 1.165) is 5.56 Å². The summed E-state index contributed by atoms with van der Waals surface area (Å²) in [5, 5.41) is 7.59. The molecule has 29 heavy (non-hydrogen) atoms. The molecule has 0 bridgehead atoms.